The molecule has 0 aliphatic carbocycles. The minimum Gasteiger partial charge on any atom is -0.319 e. The normalized spacial score (nSPS) is 4.50. The molecule has 0 amide bonds. The van der Waals surface area contributed by atoms with Crippen LogP contribution in [0.15, 0.2) is 0 Å². The molecule has 0 aromatic carbocycles. The minimum absolute atomic E-state index is 0. The van der Waals surface area contributed by atoms with Gasteiger partial charge in [0.05, 0.1) is 0 Å². The summed E-state index contributed by atoms with van der Waals surface area (Å²) in [7, 11) is 1.61. The van der Waals surface area contributed by atoms with Gasteiger partial charge < -0.3 is 3.07 Å². The zero-order valence-electron chi connectivity index (χ0n) is 2.09. The standard InChI is InChI=1S/CH3IO.Cu/c1-3-2;/h1H3;. The van der Waals surface area contributed by atoms with Crippen molar-refractivity contribution in [2.75, 3.05) is 7.11 Å². The molecule has 3 heteroatoms. The maximum absolute atomic E-state index is 4.22. The van der Waals surface area contributed by atoms with Crippen molar-refractivity contribution in [2.24, 2.45) is 0 Å². The summed E-state index contributed by atoms with van der Waals surface area (Å²) >= 11 is 1.79. The van der Waals surface area contributed by atoms with Crippen LogP contribution in [0.3, 0.4) is 0 Å². The van der Waals surface area contributed by atoms with Crippen LogP contribution < -0.4 is 0 Å². The first-order valence-corrected chi connectivity index (χ1v) is 1.44. The Morgan fingerprint density at radius 3 is 1.75 bits per heavy atom. The first-order valence-electron chi connectivity index (χ1n) is 0.563. The quantitative estimate of drug-likeness (QED) is 0.438. The van der Waals surface area contributed by atoms with Gasteiger partial charge >= 0.3 is 0 Å². The van der Waals surface area contributed by atoms with Crippen LogP contribution in [0.4, 0.5) is 0 Å². The van der Waals surface area contributed by atoms with Crippen molar-refractivity contribution in [3.8, 4) is 0 Å². The van der Waals surface area contributed by atoms with Crippen LogP contribution in [-0.2, 0) is 20.1 Å². The van der Waals surface area contributed by atoms with Crippen molar-refractivity contribution in [1.82, 2.24) is 0 Å². The van der Waals surface area contributed by atoms with Crippen molar-refractivity contribution in [3.05, 3.63) is 0 Å². The third-order valence-corrected chi connectivity index (χ3v) is 0. The monoisotopic (exact) mass is 221 g/mol. The Bertz CT molecular complexity index is 8.00. The summed E-state index contributed by atoms with van der Waals surface area (Å²) in [6.45, 7) is 0. The smallest absolute Gasteiger partial charge is 0.109 e. The summed E-state index contributed by atoms with van der Waals surface area (Å²) in [5.41, 5.74) is 0. The van der Waals surface area contributed by atoms with E-state index in [1.807, 2.05) is 0 Å². The van der Waals surface area contributed by atoms with Gasteiger partial charge in [0.25, 0.3) is 0 Å². The van der Waals surface area contributed by atoms with Gasteiger partial charge in [0, 0.05) is 24.2 Å². The zero-order valence-corrected chi connectivity index (χ0v) is 5.19. The molecule has 0 aliphatic rings. The minimum atomic E-state index is 0. The first kappa shape index (κ1) is 8.96. The van der Waals surface area contributed by atoms with Gasteiger partial charge in [-0.05, 0) is 0 Å². The fourth-order valence-corrected chi connectivity index (χ4v) is 0. The van der Waals surface area contributed by atoms with E-state index in [4.69, 9.17) is 0 Å². The van der Waals surface area contributed by atoms with E-state index in [-0.39, 0.29) is 17.1 Å². The second-order valence-corrected chi connectivity index (χ2v) is 1.04. The summed E-state index contributed by atoms with van der Waals surface area (Å²) in [6, 6.07) is 0. The zero-order chi connectivity index (χ0) is 2.71. The molecule has 0 spiro atoms. The van der Waals surface area contributed by atoms with Crippen LogP contribution in [-0.4, -0.2) is 7.11 Å². The maximum Gasteiger partial charge on any atom is 0.109 e. The molecule has 0 rings (SSSR count). The first-order chi connectivity index (χ1) is 1.41. The Hall–Kier alpha value is 1.21. The summed E-state index contributed by atoms with van der Waals surface area (Å²) in [6.07, 6.45) is 0. The van der Waals surface area contributed by atoms with Gasteiger partial charge in [0.1, 0.15) is 23.0 Å². The SMILES string of the molecule is COI.[Cu]. The Kier molecular flexibility index (Phi) is 19.9. The molecule has 0 saturated carbocycles. The second-order valence-electron chi connectivity index (χ2n) is 0.154. The van der Waals surface area contributed by atoms with Crippen molar-refractivity contribution in [3.63, 3.8) is 0 Å². The molecule has 1 radical (unpaired) electrons. The Labute approximate surface area is 50.3 Å². The van der Waals surface area contributed by atoms with E-state index in [2.05, 4.69) is 3.07 Å². The summed E-state index contributed by atoms with van der Waals surface area (Å²) in [5, 5.41) is 0. The van der Waals surface area contributed by atoms with Gasteiger partial charge in [-0.25, -0.2) is 0 Å². The molecule has 0 heterocycles. The van der Waals surface area contributed by atoms with Crippen molar-refractivity contribution in [1.29, 1.82) is 0 Å². The van der Waals surface area contributed by atoms with Crippen molar-refractivity contribution < 1.29 is 20.1 Å². The largest absolute Gasteiger partial charge is 0.319 e. The van der Waals surface area contributed by atoms with E-state index in [1.165, 1.54) is 0 Å². The van der Waals surface area contributed by atoms with Gasteiger partial charge in [-0.2, -0.15) is 0 Å². The van der Waals surface area contributed by atoms with E-state index >= 15 is 0 Å². The molecular formula is CH3CuIO. The second kappa shape index (κ2) is 8.88. The topological polar surface area (TPSA) is 9.23 Å². The molecule has 0 atom stereocenters. The Morgan fingerprint density at radius 1 is 1.75 bits per heavy atom. The number of hydrogen-bond acceptors (Lipinski definition) is 1. The summed E-state index contributed by atoms with van der Waals surface area (Å²) in [4.78, 5) is 0. The third kappa shape index (κ3) is 10.7. The number of rotatable bonds is 0. The summed E-state index contributed by atoms with van der Waals surface area (Å²) in [5.74, 6) is 0. The Morgan fingerprint density at radius 2 is 1.75 bits per heavy atom. The van der Waals surface area contributed by atoms with Crippen LogP contribution in [0.2, 0.25) is 0 Å². The molecule has 0 saturated heterocycles. The van der Waals surface area contributed by atoms with Crippen LogP contribution in [0.1, 0.15) is 0 Å². The molecular weight excluding hydrogens is 218 g/mol. The van der Waals surface area contributed by atoms with Gasteiger partial charge in [-0.15, -0.1) is 0 Å². The number of halogens is 1. The van der Waals surface area contributed by atoms with Crippen molar-refractivity contribution >= 4 is 23.0 Å². The van der Waals surface area contributed by atoms with Crippen LogP contribution in [0.25, 0.3) is 0 Å². The molecule has 1 nitrogen and oxygen atoms in total. The van der Waals surface area contributed by atoms with E-state index in [0.717, 1.165) is 0 Å². The molecule has 0 aromatic rings. The molecule has 0 unspecified atom stereocenters. The van der Waals surface area contributed by atoms with Gasteiger partial charge in [-0.1, -0.05) is 0 Å². The van der Waals surface area contributed by atoms with Crippen LogP contribution >= 0.6 is 23.0 Å². The summed E-state index contributed by atoms with van der Waals surface area (Å²) < 4.78 is 4.22. The molecule has 0 fully saturated rings. The molecule has 0 N–H and O–H groups in total. The van der Waals surface area contributed by atoms with Crippen LogP contribution in [0.5, 0.6) is 0 Å². The molecule has 4 heavy (non-hydrogen) atoms. The maximum atomic E-state index is 4.22. The van der Waals surface area contributed by atoms with E-state index in [0.29, 0.717) is 0 Å². The van der Waals surface area contributed by atoms with Crippen LogP contribution in [0, 0.1) is 0 Å². The van der Waals surface area contributed by atoms with E-state index in [1.54, 1.807) is 30.1 Å². The Balaban J connectivity index is 0. The van der Waals surface area contributed by atoms with Gasteiger partial charge in [0.2, 0.25) is 0 Å². The predicted octanol–water partition coefficient (Wildman–Crippen LogP) is 0.980. The fraction of sp³-hybridized carbons (Fsp3) is 1.00. The molecule has 0 aliphatic heterocycles. The number of hydrogen-bond donors (Lipinski definition) is 0. The third-order valence-electron chi connectivity index (χ3n) is 0. The van der Waals surface area contributed by atoms with E-state index in [9.17, 15) is 0 Å². The van der Waals surface area contributed by atoms with Crippen molar-refractivity contribution in [2.45, 2.75) is 0 Å². The predicted molar refractivity (Wildman–Crippen MR) is 21.0 cm³/mol. The van der Waals surface area contributed by atoms with Gasteiger partial charge in [0.15, 0.2) is 0 Å². The molecule has 0 bridgehead atoms. The van der Waals surface area contributed by atoms with E-state index < -0.39 is 0 Å². The molecule has 31 valence electrons. The average Bonchev–Trinajstić information content (AvgIpc) is 0.918. The average molecular weight is 221 g/mol. The van der Waals surface area contributed by atoms with Gasteiger partial charge in [-0.3, -0.25) is 0 Å². The fourth-order valence-electron chi connectivity index (χ4n) is 0. The molecule has 0 aromatic heterocycles.